The zero-order valence-corrected chi connectivity index (χ0v) is 13.4. The Bertz CT molecular complexity index is 703. The van der Waals surface area contributed by atoms with E-state index in [0.717, 1.165) is 10.2 Å². The maximum atomic E-state index is 12.5. The van der Waals surface area contributed by atoms with Crippen LogP contribution in [0.2, 0.25) is 0 Å². The number of nitrogens with one attached hydrogen (secondary N) is 1. The molecule has 0 bridgehead atoms. The number of anilines is 2. The van der Waals surface area contributed by atoms with Crippen LogP contribution in [-0.2, 0) is 9.59 Å². The Morgan fingerprint density at radius 3 is 2.64 bits per heavy atom. The van der Waals surface area contributed by atoms with Gasteiger partial charge < -0.3 is 10.2 Å². The summed E-state index contributed by atoms with van der Waals surface area (Å²) in [4.78, 5) is 26.5. The molecular weight excluding hydrogens is 344 g/mol. The minimum atomic E-state index is -0.626. The van der Waals surface area contributed by atoms with Crippen LogP contribution in [-0.4, -0.2) is 18.4 Å². The normalized spacial score (nSPS) is 17.6. The molecule has 1 aliphatic heterocycles. The molecule has 2 amide bonds. The van der Waals surface area contributed by atoms with E-state index in [0.29, 0.717) is 18.7 Å². The average Bonchev–Trinajstić information content (AvgIpc) is 2.90. The van der Waals surface area contributed by atoms with E-state index in [4.69, 9.17) is 0 Å². The van der Waals surface area contributed by atoms with Crippen molar-refractivity contribution >= 4 is 39.1 Å². The summed E-state index contributed by atoms with van der Waals surface area (Å²) < 4.78 is 0.912. The van der Waals surface area contributed by atoms with Crippen molar-refractivity contribution in [2.75, 3.05) is 16.8 Å². The standard InChI is InChI=1S/C17H15BrN2O2/c18-12-5-4-8-14(11-12)20-10-9-15(17(20)22)16(21)19-13-6-2-1-3-7-13/h1-8,11,15H,9-10H2,(H,19,21)/t15-/m1/s1. The number of rotatable bonds is 3. The summed E-state index contributed by atoms with van der Waals surface area (Å²) in [6, 6.07) is 16.7. The van der Waals surface area contributed by atoms with Crippen molar-refractivity contribution in [3.8, 4) is 0 Å². The molecule has 0 aromatic heterocycles. The third kappa shape index (κ3) is 3.04. The molecule has 1 saturated heterocycles. The first kappa shape index (κ1) is 14.8. The van der Waals surface area contributed by atoms with E-state index in [1.165, 1.54) is 0 Å². The molecule has 1 atom stereocenters. The molecule has 0 saturated carbocycles. The van der Waals surface area contributed by atoms with Crippen molar-refractivity contribution < 1.29 is 9.59 Å². The van der Waals surface area contributed by atoms with Crippen molar-refractivity contribution in [2.24, 2.45) is 5.92 Å². The lowest BCUT2D eigenvalue weighted by atomic mass is 10.1. The zero-order chi connectivity index (χ0) is 15.5. The van der Waals surface area contributed by atoms with E-state index in [-0.39, 0.29) is 11.8 Å². The minimum Gasteiger partial charge on any atom is -0.325 e. The highest BCUT2D eigenvalue weighted by Gasteiger charge is 2.37. The lowest BCUT2D eigenvalue weighted by Crippen LogP contribution is -2.33. The van der Waals surface area contributed by atoms with E-state index in [9.17, 15) is 9.59 Å². The predicted octanol–water partition coefficient (Wildman–Crippen LogP) is 3.44. The smallest absolute Gasteiger partial charge is 0.239 e. The van der Waals surface area contributed by atoms with Crippen molar-refractivity contribution in [2.45, 2.75) is 6.42 Å². The van der Waals surface area contributed by atoms with E-state index in [1.807, 2.05) is 54.6 Å². The molecule has 0 spiro atoms. The van der Waals surface area contributed by atoms with Crippen LogP contribution in [0.5, 0.6) is 0 Å². The van der Waals surface area contributed by atoms with Crippen LogP contribution in [0.1, 0.15) is 6.42 Å². The first-order valence-corrected chi connectivity index (χ1v) is 7.87. The zero-order valence-electron chi connectivity index (χ0n) is 11.8. The van der Waals surface area contributed by atoms with Crippen LogP contribution in [0.25, 0.3) is 0 Å². The molecular formula is C17H15BrN2O2. The molecule has 1 heterocycles. The second kappa shape index (κ2) is 6.32. The van der Waals surface area contributed by atoms with E-state index in [2.05, 4.69) is 21.2 Å². The summed E-state index contributed by atoms with van der Waals surface area (Å²) in [6.45, 7) is 0.558. The monoisotopic (exact) mass is 358 g/mol. The Morgan fingerprint density at radius 2 is 1.91 bits per heavy atom. The highest BCUT2D eigenvalue weighted by molar-refractivity contribution is 9.10. The maximum absolute atomic E-state index is 12.5. The molecule has 2 aromatic carbocycles. The summed E-state index contributed by atoms with van der Waals surface area (Å²) in [5, 5.41) is 2.80. The van der Waals surface area contributed by atoms with Crippen LogP contribution in [0.4, 0.5) is 11.4 Å². The third-order valence-corrected chi connectivity index (χ3v) is 4.18. The average molecular weight is 359 g/mol. The first-order chi connectivity index (χ1) is 10.6. The molecule has 0 radical (unpaired) electrons. The Morgan fingerprint density at radius 1 is 1.14 bits per heavy atom. The molecule has 0 aliphatic carbocycles. The van der Waals surface area contributed by atoms with Crippen LogP contribution >= 0.6 is 15.9 Å². The van der Waals surface area contributed by atoms with E-state index < -0.39 is 5.92 Å². The van der Waals surface area contributed by atoms with Crippen LogP contribution in [0.3, 0.4) is 0 Å². The van der Waals surface area contributed by atoms with Gasteiger partial charge in [-0.05, 0) is 36.8 Å². The Hall–Kier alpha value is -2.14. The minimum absolute atomic E-state index is 0.147. The van der Waals surface area contributed by atoms with Crippen molar-refractivity contribution in [1.82, 2.24) is 0 Å². The quantitative estimate of drug-likeness (QED) is 0.854. The van der Waals surface area contributed by atoms with Gasteiger partial charge in [0, 0.05) is 22.4 Å². The van der Waals surface area contributed by atoms with Crippen LogP contribution < -0.4 is 10.2 Å². The first-order valence-electron chi connectivity index (χ1n) is 7.08. The summed E-state index contributed by atoms with van der Waals surface area (Å²) >= 11 is 3.40. The lowest BCUT2D eigenvalue weighted by Gasteiger charge is -2.17. The van der Waals surface area contributed by atoms with Crippen molar-refractivity contribution in [3.05, 3.63) is 59.1 Å². The number of benzene rings is 2. The largest absolute Gasteiger partial charge is 0.325 e. The topological polar surface area (TPSA) is 49.4 Å². The summed E-state index contributed by atoms with van der Waals surface area (Å²) in [6.07, 6.45) is 0.532. The van der Waals surface area contributed by atoms with Gasteiger partial charge in [0.2, 0.25) is 11.8 Å². The fourth-order valence-electron chi connectivity index (χ4n) is 2.57. The lowest BCUT2D eigenvalue weighted by molar-refractivity contribution is -0.129. The molecule has 112 valence electrons. The third-order valence-electron chi connectivity index (χ3n) is 3.68. The molecule has 1 aliphatic rings. The molecule has 22 heavy (non-hydrogen) atoms. The number of carbonyl (C=O) groups excluding carboxylic acids is 2. The Labute approximate surface area is 137 Å². The molecule has 1 N–H and O–H groups in total. The fourth-order valence-corrected chi connectivity index (χ4v) is 2.96. The van der Waals surface area contributed by atoms with Gasteiger partial charge in [-0.3, -0.25) is 9.59 Å². The van der Waals surface area contributed by atoms with Gasteiger partial charge in [0.25, 0.3) is 0 Å². The summed E-state index contributed by atoms with van der Waals surface area (Å²) in [5.41, 5.74) is 1.52. The molecule has 0 unspecified atom stereocenters. The number of amides is 2. The molecule has 3 rings (SSSR count). The molecule has 2 aromatic rings. The molecule has 5 heteroatoms. The second-order valence-corrected chi connectivity index (χ2v) is 6.08. The fraction of sp³-hybridized carbons (Fsp3) is 0.176. The van der Waals surface area contributed by atoms with Gasteiger partial charge in [-0.25, -0.2) is 0 Å². The van der Waals surface area contributed by atoms with Gasteiger partial charge in [0.15, 0.2) is 0 Å². The van der Waals surface area contributed by atoms with E-state index >= 15 is 0 Å². The number of hydrogen-bond acceptors (Lipinski definition) is 2. The van der Waals surface area contributed by atoms with E-state index in [1.54, 1.807) is 4.90 Å². The van der Waals surface area contributed by atoms with Gasteiger partial charge in [-0.2, -0.15) is 0 Å². The number of nitrogens with zero attached hydrogens (tertiary/aromatic N) is 1. The Balaban J connectivity index is 1.72. The highest BCUT2D eigenvalue weighted by Crippen LogP contribution is 2.28. The van der Waals surface area contributed by atoms with Crippen LogP contribution in [0, 0.1) is 5.92 Å². The summed E-state index contributed by atoms with van der Waals surface area (Å²) in [5.74, 6) is -1.01. The SMILES string of the molecule is O=C(Nc1ccccc1)[C@H]1CCN(c2cccc(Br)c2)C1=O. The second-order valence-electron chi connectivity index (χ2n) is 5.17. The molecule has 4 nitrogen and oxygen atoms in total. The highest BCUT2D eigenvalue weighted by atomic mass is 79.9. The summed E-state index contributed by atoms with van der Waals surface area (Å²) in [7, 11) is 0. The van der Waals surface area contributed by atoms with Crippen molar-refractivity contribution in [3.63, 3.8) is 0 Å². The van der Waals surface area contributed by atoms with Gasteiger partial charge in [-0.15, -0.1) is 0 Å². The van der Waals surface area contributed by atoms with Gasteiger partial charge in [0.05, 0.1) is 0 Å². The number of hydrogen-bond donors (Lipinski definition) is 1. The van der Waals surface area contributed by atoms with Crippen LogP contribution in [0.15, 0.2) is 59.1 Å². The number of para-hydroxylation sites is 1. The van der Waals surface area contributed by atoms with Gasteiger partial charge in [0.1, 0.15) is 5.92 Å². The van der Waals surface area contributed by atoms with Gasteiger partial charge >= 0.3 is 0 Å². The molecule has 1 fully saturated rings. The number of halogens is 1. The Kier molecular flexibility index (Phi) is 4.24. The maximum Gasteiger partial charge on any atom is 0.239 e. The van der Waals surface area contributed by atoms with Gasteiger partial charge in [-0.1, -0.05) is 40.2 Å². The van der Waals surface area contributed by atoms with Crippen molar-refractivity contribution in [1.29, 1.82) is 0 Å². The number of carbonyl (C=O) groups is 2. The predicted molar refractivity (Wildman–Crippen MR) is 89.7 cm³/mol.